The Kier molecular flexibility index (Phi) is 10.0. The van der Waals surface area contributed by atoms with Gasteiger partial charge in [0.1, 0.15) is 12.0 Å². The zero-order valence-electron chi connectivity index (χ0n) is 23.3. The molecule has 0 saturated carbocycles. The predicted octanol–water partition coefficient (Wildman–Crippen LogP) is 6.97. The van der Waals surface area contributed by atoms with Gasteiger partial charge in [-0.05, 0) is 61.1 Å². The number of carbonyl (C=O) groups excluding carboxylic acids is 1. The number of rotatable bonds is 13. The van der Waals surface area contributed by atoms with E-state index in [1.165, 1.54) is 16.7 Å². The standard InChI is InChI=1S/C32H41NO4/c1-8-23-14-16-29(33(4)20-25-15-13-22(3)17-31(25)36-6)28(18-23)27(19-24(9-2)21-34)26-11-10-12-30(35-5)32(26)37-7/h10-18,21,24,27H,8-9,19-20H2,1-7H3. The van der Waals surface area contributed by atoms with Gasteiger partial charge in [-0.3, -0.25) is 0 Å². The van der Waals surface area contributed by atoms with Crippen molar-refractivity contribution in [3.8, 4) is 17.2 Å². The number of aryl methyl sites for hydroxylation is 2. The molecule has 0 aliphatic heterocycles. The van der Waals surface area contributed by atoms with E-state index in [2.05, 4.69) is 75.2 Å². The molecule has 3 aromatic carbocycles. The second kappa shape index (κ2) is 13.2. The van der Waals surface area contributed by atoms with Crippen molar-refractivity contribution in [2.75, 3.05) is 33.3 Å². The predicted molar refractivity (Wildman–Crippen MR) is 152 cm³/mol. The van der Waals surface area contributed by atoms with Gasteiger partial charge in [0.05, 0.1) is 21.3 Å². The molecule has 0 saturated heterocycles. The molecule has 0 radical (unpaired) electrons. The van der Waals surface area contributed by atoms with Gasteiger partial charge in [-0.15, -0.1) is 0 Å². The van der Waals surface area contributed by atoms with Crippen molar-refractivity contribution in [1.29, 1.82) is 0 Å². The molecule has 0 N–H and O–H groups in total. The molecule has 0 fully saturated rings. The summed E-state index contributed by atoms with van der Waals surface area (Å²) >= 11 is 0. The van der Waals surface area contributed by atoms with E-state index in [4.69, 9.17) is 14.2 Å². The maximum Gasteiger partial charge on any atom is 0.164 e. The van der Waals surface area contributed by atoms with E-state index in [0.717, 1.165) is 41.7 Å². The Balaban J connectivity index is 2.18. The smallest absolute Gasteiger partial charge is 0.164 e. The lowest BCUT2D eigenvalue weighted by molar-refractivity contribution is -0.111. The van der Waals surface area contributed by atoms with Crippen molar-refractivity contribution < 1.29 is 19.0 Å². The summed E-state index contributed by atoms with van der Waals surface area (Å²) < 4.78 is 17.2. The molecule has 0 aliphatic carbocycles. The van der Waals surface area contributed by atoms with E-state index in [1.54, 1.807) is 21.3 Å². The summed E-state index contributed by atoms with van der Waals surface area (Å²) in [5.41, 5.74) is 6.87. The number of methoxy groups -OCH3 is 3. The first-order valence-electron chi connectivity index (χ1n) is 13.0. The number of hydrogen-bond acceptors (Lipinski definition) is 5. The molecule has 3 aromatic rings. The number of benzene rings is 3. The number of nitrogens with zero attached hydrogens (tertiary/aromatic N) is 1. The number of anilines is 1. The summed E-state index contributed by atoms with van der Waals surface area (Å²) in [4.78, 5) is 14.3. The summed E-state index contributed by atoms with van der Waals surface area (Å²) in [7, 11) is 7.16. The van der Waals surface area contributed by atoms with Crippen molar-refractivity contribution >= 4 is 12.0 Å². The summed E-state index contributed by atoms with van der Waals surface area (Å²) in [6.45, 7) is 6.99. The molecule has 0 bridgehead atoms. The van der Waals surface area contributed by atoms with Crippen LogP contribution in [0.25, 0.3) is 0 Å². The average molecular weight is 504 g/mol. The van der Waals surface area contributed by atoms with Crippen LogP contribution in [0, 0.1) is 12.8 Å². The van der Waals surface area contributed by atoms with Gasteiger partial charge in [0.25, 0.3) is 0 Å². The maximum atomic E-state index is 12.0. The van der Waals surface area contributed by atoms with E-state index in [0.29, 0.717) is 24.5 Å². The zero-order valence-corrected chi connectivity index (χ0v) is 23.3. The van der Waals surface area contributed by atoms with Gasteiger partial charge in [0, 0.05) is 42.2 Å². The van der Waals surface area contributed by atoms with Gasteiger partial charge in [-0.25, -0.2) is 0 Å². The average Bonchev–Trinajstić information content (AvgIpc) is 2.93. The number of carbonyl (C=O) groups is 1. The Bertz CT molecular complexity index is 1190. The molecule has 0 aliphatic rings. The third-order valence-corrected chi connectivity index (χ3v) is 7.20. The third-order valence-electron chi connectivity index (χ3n) is 7.20. The molecule has 0 spiro atoms. The van der Waals surface area contributed by atoms with Gasteiger partial charge >= 0.3 is 0 Å². The van der Waals surface area contributed by atoms with Crippen molar-refractivity contribution in [2.45, 2.75) is 52.5 Å². The summed E-state index contributed by atoms with van der Waals surface area (Å²) in [6.07, 6.45) is 3.48. The molecular formula is C32H41NO4. The minimum Gasteiger partial charge on any atom is -0.496 e. The highest BCUT2D eigenvalue weighted by molar-refractivity contribution is 5.63. The normalized spacial score (nSPS) is 12.5. The van der Waals surface area contributed by atoms with Crippen LogP contribution in [0.3, 0.4) is 0 Å². The fourth-order valence-electron chi connectivity index (χ4n) is 5.00. The molecule has 5 heteroatoms. The van der Waals surface area contributed by atoms with Crippen LogP contribution in [0.4, 0.5) is 5.69 Å². The van der Waals surface area contributed by atoms with E-state index < -0.39 is 0 Å². The van der Waals surface area contributed by atoms with Crippen molar-refractivity contribution in [3.63, 3.8) is 0 Å². The summed E-state index contributed by atoms with van der Waals surface area (Å²) in [5, 5.41) is 0. The minimum atomic E-state index is -0.0680. The maximum absolute atomic E-state index is 12.0. The molecule has 0 aromatic heterocycles. The Labute approximate surface area is 222 Å². The molecule has 0 heterocycles. The lowest BCUT2D eigenvalue weighted by Crippen LogP contribution is -2.21. The molecule has 2 unspecified atom stereocenters. The van der Waals surface area contributed by atoms with Gasteiger partial charge in [0.2, 0.25) is 0 Å². The molecule has 0 amide bonds. The van der Waals surface area contributed by atoms with Gasteiger partial charge in [-0.1, -0.05) is 50.2 Å². The van der Waals surface area contributed by atoms with Crippen LogP contribution < -0.4 is 19.1 Å². The second-order valence-electron chi connectivity index (χ2n) is 9.59. The van der Waals surface area contributed by atoms with Crippen LogP contribution in [0.2, 0.25) is 0 Å². The first-order valence-corrected chi connectivity index (χ1v) is 13.0. The van der Waals surface area contributed by atoms with Gasteiger partial charge in [-0.2, -0.15) is 0 Å². The fourth-order valence-corrected chi connectivity index (χ4v) is 5.00. The Morgan fingerprint density at radius 2 is 1.65 bits per heavy atom. The molecule has 3 rings (SSSR count). The largest absolute Gasteiger partial charge is 0.496 e. The summed E-state index contributed by atoms with van der Waals surface area (Å²) in [5.74, 6) is 2.17. The van der Waals surface area contributed by atoms with E-state index >= 15 is 0 Å². The van der Waals surface area contributed by atoms with Crippen LogP contribution in [0.1, 0.15) is 60.4 Å². The fraction of sp³-hybridized carbons (Fsp3) is 0.406. The van der Waals surface area contributed by atoms with Crippen LogP contribution in [-0.2, 0) is 17.8 Å². The highest BCUT2D eigenvalue weighted by Gasteiger charge is 2.27. The van der Waals surface area contributed by atoms with E-state index in [-0.39, 0.29) is 11.8 Å². The second-order valence-corrected chi connectivity index (χ2v) is 9.59. The lowest BCUT2D eigenvalue weighted by atomic mass is 9.81. The number of hydrogen-bond donors (Lipinski definition) is 0. The summed E-state index contributed by atoms with van der Waals surface area (Å²) in [6, 6.07) is 19.0. The zero-order chi connectivity index (χ0) is 26.9. The quantitative estimate of drug-likeness (QED) is 0.236. The monoisotopic (exact) mass is 503 g/mol. The van der Waals surface area contributed by atoms with Crippen molar-refractivity contribution in [1.82, 2.24) is 0 Å². The van der Waals surface area contributed by atoms with Crippen LogP contribution in [0.5, 0.6) is 17.2 Å². The van der Waals surface area contributed by atoms with E-state index in [9.17, 15) is 4.79 Å². The number of para-hydroxylation sites is 1. The van der Waals surface area contributed by atoms with Crippen LogP contribution in [0.15, 0.2) is 54.6 Å². The number of ether oxygens (including phenoxy) is 3. The van der Waals surface area contributed by atoms with Crippen LogP contribution in [-0.4, -0.2) is 34.7 Å². The molecule has 2 atom stereocenters. The van der Waals surface area contributed by atoms with Gasteiger partial charge in [0.15, 0.2) is 11.5 Å². The minimum absolute atomic E-state index is 0.0518. The van der Waals surface area contributed by atoms with E-state index in [1.807, 2.05) is 12.1 Å². The highest BCUT2D eigenvalue weighted by atomic mass is 16.5. The Morgan fingerprint density at radius 3 is 2.27 bits per heavy atom. The van der Waals surface area contributed by atoms with Gasteiger partial charge < -0.3 is 23.9 Å². The first-order chi connectivity index (χ1) is 17.9. The molecule has 37 heavy (non-hydrogen) atoms. The molecule has 198 valence electrons. The first kappa shape index (κ1) is 28.1. The SMILES string of the molecule is CCc1ccc(N(C)Cc2ccc(C)cc2OC)c(C(CC(C=O)CC)c2cccc(OC)c2OC)c1. The Morgan fingerprint density at radius 1 is 0.892 bits per heavy atom. The molecule has 5 nitrogen and oxygen atoms in total. The lowest BCUT2D eigenvalue weighted by Gasteiger charge is -2.30. The number of aldehydes is 1. The van der Waals surface area contributed by atoms with Crippen molar-refractivity contribution in [2.24, 2.45) is 5.92 Å². The topological polar surface area (TPSA) is 48.0 Å². The Hall–Kier alpha value is -3.47. The highest BCUT2D eigenvalue weighted by Crippen LogP contribution is 2.44. The van der Waals surface area contributed by atoms with Crippen LogP contribution >= 0.6 is 0 Å². The third kappa shape index (κ3) is 6.46. The van der Waals surface area contributed by atoms with Crippen molar-refractivity contribution in [3.05, 3.63) is 82.4 Å². The molecular weight excluding hydrogens is 462 g/mol.